The molecule has 0 heterocycles. The minimum absolute atomic E-state index is 0.197. The Balaban J connectivity index is 2.13. The Morgan fingerprint density at radius 1 is 1.07 bits per heavy atom. The maximum absolute atomic E-state index is 12.5. The minimum Gasteiger partial charge on any atom is -0.464 e. The highest BCUT2D eigenvalue weighted by atomic mass is 16.6. The van der Waals surface area contributed by atoms with Crippen molar-refractivity contribution in [1.82, 2.24) is 5.32 Å². The summed E-state index contributed by atoms with van der Waals surface area (Å²) in [5, 5.41) is 23.5. The highest BCUT2D eigenvalue weighted by Crippen LogP contribution is 2.30. The van der Waals surface area contributed by atoms with Crippen molar-refractivity contribution in [3.8, 4) is 11.5 Å². The van der Waals surface area contributed by atoms with E-state index in [0.717, 1.165) is 16.7 Å². The first-order chi connectivity index (χ1) is 13.3. The lowest BCUT2D eigenvalue weighted by atomic mass is 9.92. The number of aliphatic hydroxyl groups excluding tert-OH is 2. The smallest absolute Gasteiger partial charge is 0.319 e. The van der Waals surface area contributed by atoms with Gasteiger partial charge in [-0.3, -0.25) is 0 Å². The third kappa shape index (κ3) is 5.48. The van der Waals surface area contributed by atoms with Gasteiger partial charge in [-0.25, -0.2) is 4.79 Å². The van der Waals surface area contributed by atoms with Crippen LogP contribution >= 0.6 is 0 Å². The van der Waals surface area contributed by atoms with E-state index in [4.69, 9.17) is 19.7 Å². The molecule has 0 saturated carbocycles. The molecule has 0 aliphatic heterocycles. The number of carbonyl (C=O) groups is 1. The maximum Gasteiger partial charge on any atom is 0.319 e. The van der Waals surface area contributed by atoms with Gasteiger partial charge in [0.2, 0.25) is 0 Å². The van der Waals surface area contributed by atoms with E-state index < -0.39 is 25.2 Å². The van der Waals surface area contributed by atoms with Crippen LogP contribution < -0.4 is 20.1 Å². The van der Waals surface area contributed by atoms with E-state index in [-0.39, 0.29) is 11.5 Å². The van der Waals surface area contributed by atoms with Crippen LogP contribution in [0.2, 0.25) is 0 Å². The van der Waals surface area contributed by atoms with Crippen molar-refractivity contribution in [2.45, 2.75) is 26.3 Å². The van der Waals surface area contributed by atoms with Crippen LogP contribution in [0.4, 0.5) is 10.5 Å². The zero-order valence-corrected chi connectivity index (χ0v) is 16.3. The van der Waals surface area contributed by atoms with Crippen LogP contribution in [-0.4, -0.2) is 29.8 Å². The highest BCUT2D eigenvalue weighted by Gasteiger charge is 2.23. The summed E-state index contributed by atoms with van der Waals surface area (Å²) < 4.78 is 10.1. The summed E-state index contributed by atoms with van der Waals surface area (Å²) in [4.78, 5) is 12.5. The maximum atomic E-state index is 12.5. The molecule has 2 aromatic rings. The number of hydrogen-bond acceptors (Lipinski definition) is 5. The predicted molar refractivity (Wildman–Crippen MR) is 108 cm³/mol. The van der Waals surface area contributed by atoms with Crippen LogP contribution in [-0.2, 0) is 5.54 Å². The largest absolute Gasteiger partial charge is 0.464 e. The molecule has 0 atom stereocenters. The highest BCUT2D eigenvalue weighted by molar-refractivity contribution is 5.90. The summed E-state index contributed by atoms with van der Waals surface area (Å²) in [6, 6.07) is 12.1. The molecule has 2 rings (SSSR count). The molecule has 4 N–H and O–H groups in total. The van der Waals surface area contributed by atoms with Crippen molar-refractivity contribution in [2.75, 3.05) is 18.9 Å². The molecule has 7 nitrogen and oxygen atoms in total. The monoisotopic (exact) mass is 386 g/mol. The molecule has 0 aliphatic carbocycles. The van der Waals surface area contributed by atoms with Crippen LogP contribution in [0.25, 0.3) is 5.57 Å². The van der Waals surface area contributed by atoms with Crippen molar-refractivity contribution >= 4 is 17.3 Å². The Bertz CT molecular complexity index is 848. The van der Waals surface area contributed by atoms with Gasteiger partial charge in [0.25, 0.3) is 0 Å². The van der Waals surface area contributed by atoms with Gasteiger partial charge in [-0.2, -0.15) is 0 Å². The van der Waals surface area contributed by atoms with Gasteiger partial charge in [0.1, 0.15) is 0 Å². The Morgan fingerprint density at radius 2 is 1.75 bits per heavy atom. The topological polar surface area (TPSA) is 100 Å². The average Bonchev–Trinajstić information content (AvgIpc) is 2.64. The normalized spacial score (nSPS) is 10.9. The van der Waals surface area contributed by atoms with Crippen molar-refractivity contribution < 1.29 is 24.5 Å². The van der Waals surface area contributed by atoms with Gasteiger partial charge in [-0.05, 0) is 50.1 Å². The number of anilines is 1. The van der Waals surface area contributed by atoms with Crippen LogP contribution in [0, 0.1) is 0 Å². The molecule has 0 radical (unpaired) electrons. The molecule has 0 unspecified atom stereocenters. The fourth-order valence-corrected chi connectivity index (χ4v) is 2.65. The van der Waals surface area contributed by atoms with Gasteiger partial charge in [0.05, 0.1) is 5.54 Å². The molecule has 2 amide bonds. The standard InChI is InChI=1S/C21H26N2O5/c1-14(2)15-6-5-7-16(10-15)21(3,4)23-20(26)22-17-8-9-18(27-12-24)19(11-17)28-13-25/h5-11,24-25H,1,12-13H2,2-4H3,(H2,22,23,26). The molecule has 150 valence electrons. The van der Waals surface area contributed by atoms with E-state index in [2.05, 4.69) is 17.2 Å². The second-order valence-corrected chi connectivity index (χ2v) is 6.77. The lowest BCUT2D eigenvalue weighted by molar-refractivity contribution is 0.0744. The average molecular weight is 386 g/mol. The molecule has 0 aliphatic rings. The SMILES string of the molecule is C=C(C)c1cccc(C(C)(C)NC(=O)Nc2ccc(OCO)c(OCO)c2)c1. The summed E-state index contributed by atoms with van der Waals surface area (Å²) >= 11 is 0. The van der Waals surface area contributed by atoms with Gasteiger partial charge in [-0.1, -0.05) is 30.4 Å². The van der Waals surface area contributed by atoms with Gasteiger partial charge < -0.3 is 30.3 Å². The van der Waals surface area contributed by atoms with Crippen LogP contribution in [0.1, 0.15) is 31.9 Å². The number of allylic oxidation sites excluding steroid dienone is 1. The molecule has 0 saturated heterocycles. The molecular formula is C21H26N2O5. The number of urea groups is 1. The summed E-state index contributed by atoms with van der Waals surface area (Å²) in [5.41, 5.74) is 2.72. The lowest BCUT2D eigenvalue weighted by Gasteiger charge is -2.27. The number of nitrogens with one attached hydrogen (secondary N) is 2. The molecular weight excluding hydrogens is 360 g/mol. The van der Waals surface area contributed by atoms with Crippen LogP contribution in [0.15, 0.2) is 49.0 Å². The second-order valence-electron chi connectivity index (χ2n) is 6.77. The quantitative estimate of drug-likeness (QED) is 0.521. The van der Waals surface area contributed by atoms with Gasteiger partial charge >= 0.3 is 6.03 Å². The first kappa shape index (κ1) is 21.3. The van der Waals surface area contributed by atoms with E-state index in [9.17, 15) is 4.79 Å². The Kier molecular flexibility index (Phi) is 7.03. The molecule has 7 heteroatoms. The van der Waals surface area contributed by atoms with Crippen molar-refractivity contribution in [3.63, 3.8) is 0 Å². The fourth-order valence-electron chi connectivity index (χ4n) is 2.65. The second kappa shape index (κ2) is 9.25. The van der Waals surface area contributed by atoms with Crippen molar-refractivity contribution in [1.29, 1.82) is 0 Å². The number of rotatable bonds is 8. The zero-order valence-electron chi connectivity index (χ0n) is 16.3. The summed E-state index contributed by atoms with van der Waals surface area (Å²) in [5.74, 6) is 0.446. The van der Waals surface area contributed by atoms with Crippen LogP contribution in [0.5, 0.6) is 11.5 Å². The van der Waals surface area contributed by atoms with Gasteiger partial charge in [-0.15, -0.1) is 0 Å². The number of benzene rings is 2. The molecule has 0 bridgehead atoms. The molecule has 0 spiro atoms. The first-order valence-electron chi connectivity index (χ1n) is 8.74. The Morgan fingerprint density at radius 3 is 2.39 bits per heavy atom. The fraction of sp³-hybridized carbons (Fsp3) is 0.286. The van der Waals surface area contributed by atoms with E-state index >= 15 is 0 Å². The van der Waals surface area contributed by atoms with Crippen molar-refractivity contribution in [2.24, 2.45) is 0 Å². The third-order valence-electron chi connectivity index (χ3n) is 4.14. The molecule has 0 aromatic heterocycles. The number of amides is 2. The van der Waals surface area contributed by atoms with E-state index in [1.807, 2.05) is 45.0 Å². The number of aliphatic hydroxyl groups is 2. The number of carbonyl (C=O) groups excluding carboxylic acids is 1. The van der Waals surface area contributed by atoms with E-state index in [0.29, 0.717) is 5.69 Å². The Labute approximate surface area is 164 Å². The Hall–Kier alpha value is -3.03. The molecule has 2 aromatic carbocycles. The van der Waals surface area contributed by atoms with E-state index in [1.54, 1.807) is 6.07 Å². The third-order valence-corrected chi connectivity index (χ3v) is 4.14. The predicted octanol–water partition coefficient (Wildman–Crippen LogP) is 3.43. The van der Waals surface area contributed by atoms with Crippen LogP contribution in [0.3, 0.4) is 0 Å². The lowest BCUT2D eigenvalue weighted by Crippen LogP contribution is -2.43. The minimum atomic E-state index is -0.625. The van der Waals surface area contributed by atoms with E-state index in [1.165, 1.54) is 12.1 Å². The summed E-state index contributed by atoms with van der Waals surface area (Å²) in [6.45, 7) is 8.60. The summed E-state index contributed by atoms with van der Waals surface area (Å²) in [6.07, 6.45) is 0. The molecule has 28 heavy (non-hydrogen) atoms. The zero-order chi connectivity index (χ0) is 20.7. The number of ether oxygens (including phenoxy) is 2. The van der Waals surface area contributed by atoms with Gasteiger partial charge in [0, 0.05) is 11.8 Å². The molecule has 0 fully saturated rings. The first-order valence-corrected chi connectivity index (χ1v) is 8.74. The summed E-state index contributed by atoms with van der Waals surface area (Å²) in [7, 11) is 0. The van der Waals surface area contributed by atoms with Gasteiger partial charge in [0.15, 0.2) is 25.1 Å². The number of hydrogen-bond donors (Lipinski definition) is 4. The van der Waals surface area contributed by atoms with Crippen molar-refractivity contribution in [3.05, 3.63) is 60.2 Å².